The van der Waals surface area contributed by atoms with Gasteiger partial charge in [-0.1, -0.05) is 0 Å². The molecule has 2 aromatic rings. The Balaban J connectivity index is 1.76. The molecular formula is C13H17N3O2S2. The molecule has 0 aliphatic heterocycles. The van der Waals surface area contributed by atoms with E-state index in [0.717, 1.165) is 5.69 Å². The van der Waals surface area contributed by atoms with Gasteiger partial charge >= 0.3 is 0 Å². The van der Waals surface area contributed by atoms with Crippen molar-refractivity contribution in [3.8, 4) is 0 Å². The summed E-state index contributed by atoms with van der Waals surface area (Å²) in [5.41, 5.74) is 1.58. The van der Waals surface area contributed by atoms with Crippen LogP contribution in [0.5, 0.6) is 0 Å². The predicted molar refractivity (Wildman–Crippen MR) is 80.4 cm³/mol. The zero-order chi connectivity index (χ0) is 14.2. The Hall–Kier alpha value is -1.31. The summed E-state index contributed by atoms with van der Waals surface area (Å²) in [7, 11) is -1.63. The Kier molecular flexibility index (Phi) is 3.57. The Morgan fingerprint density at radius 2 is 2.25 bits per heavy atom. The van der Waals surface area contributed by atoms with Gasteiger partial charge in [0.2, 0.25) is 0 Å². The molecule has 20 heavy (non-hydrogen) atoms. The molecule has 2 heterocycles. The highest BCUT2D eigenvalue weighted by Crippen LogP contribution is 2.22. The number of rotatable bonds is 6. The quantitative estimate of drug-likeness (QED) is 0.859. The smallest absolute Gasteiger partial charge is 0.263 e. The van der Waals surface area contributed by atoms with E-state index < -0.39 is 10.0 Å². The third-order valence-electron chi connectivity index (χ3n) is 3.32. The first-order valence-electron chi connectivity index (χ1n) is 6.48. The summed E-state index contributed by atoms with van der Waals surface area (Å²) in [4.78, 5) is 0.304. The molecule has 0 aromatic carbocycles. The minimum absolute atomic E-state index is 0.304. The summed E-state index contributed by atoms with van der Waals surface area (Å²) < 4.78 is 29.0. The normalized spacial score (nSPS) is 15.4. The number of hydrogen-bond acceptors (Lipinski definition) is 4. The SMILES string of the molecule is Cn1cc(S(=O)(=O)Nc2ccsc2)cc1CNC1CC1. The van der Waals surface area contributed by atoms with Gasteiger partial charge in [-0.05, 0) is 30.4 Å². The summed E-state index contributed by atoms with van der Waals surface area (Å²) in [6.45, 7) is 0.704. The van der Waals surface area contributed by atoms with Gasteiger partial charge in [-0.15, -0.1) is 0 Å². The first-order valence-corrected chi connectivity index (χ1v) is 8.91. The molecule has 1 saturated carbocycles. The first kappa shape index (κ1) is 13.7. The van der Waals surface area contributed by atoms with Crippen LogP contribution in [0.1, 0.15) is 18.5 Å². The highest BCUT2D eigenvalue weighted by molar-refractivity contribution is 7.92. The monoisotopic (exact) mass is 311 g/mol. The lowest BCUT2D eigenvalue weighted by molar-refractivity contribution is 0.601. The lowest BCUT2D eigenvalue weighted by atomic mass is 10.4. The van der Waals surface area contributed by atoms with Crippen LogP contribution in [-0.2, 0) is 23.6 Å². The third-order valence-corrected chi connectivity index (χ3v) is 5.35. The molecule has 1 aliphatic rings. The molecular weight excluding hydrogens is 294 g/mol. The summed E-state index contributed by atoms with van der Waals surface area (Å²) in [5.74, 6) is 0. The minimum atomic E-state index is -3.50. The largest absolute Gasteiger partial charge is 0.352 e. The van der Waals surface area contributed by atoms with Crippen LogP contribution >= 0.6 is 11.3 Å². The zero-order valence-electron chi connectivity index (χ0n) is 11.2. The molecule has 7 heteroatoms. The molecule has 2 aromatic heterocycles. The number of thiophene rings is 1. The topological polar surface area (TPSA) is 63.1 Å². The van der Waals surface area contributed by atoms with Crippen LogP contribution in [0.15, 0.2) is 34.0 Å². The number of hydrogen-bond donors (Lipinski definition) is 2. The van der Waals surface area contributed by atoms with Crippen molar-refractivity contribution in [2.24, 2.45) is 7.05 Å². The van der Waals surface area contributed by atoms with E-state index in [1.54, 1.807) is 23.7 Å². The van der Waals surface area contributed by atoms with E-state index in [1.807, 2.05) is 17.0 Å². The lowest BCUT2D eigenvalue weighted by Crippen LogP contribution is -2.17. The van der Waals surface area contributed by atoms with Gasteiger partial charge in [0.15, 0.2) is 0 Å². The summed E-state index contributed by atoms with van der Waals surface area (Å²) in [5, 5.41) is 7.00. The van der Waals surface area contributed by atoms with Crippen LogP contribution in [0.25, 0.3) is 0 Å². The van der Waals surface area contributed by atoms with Crippen molar-refractivity contribution in [3.05, 3.63) is 34.8 Å². The molecule has 2 N–H and O–H groups in total. The predicted octanol–water partition coefficient (Wildman–Crippen LogP) is 2.14. The number of nitrogens with one attached hydrogen (secondary N) is 2. The van der Waals surface area contributed by atoms with Crippen LogP contribution < -0.4 is 10.0 Å². The van der Waals surface area contributed by atoms with Crippen LogP contribution in [0.2, 0.25) is 0 Å². The van der Waals surface area contributed by atoms with E-state index >= 15 is 0 Å². The van der Waals surface area contributed by atoms with Crippen molar-refractivity contribution in [1.82, 2.24) is 9.88 Å². The van der Waals surface area contributed by atoms with Crippen molar-refractivity contribution < 1.29 is 8.42 Å². The highest BCUT2D eigenvalue weighted by Gasteiger charge is 2.22. The Morgan fingerprint density at radius 1 is 1.45 bits per heavy atom. The van der Waals surface area contributed by atoms with Gasteiger partial charge in [0.1, 0.15) is 4.90 Å². The van der Waals surface area contributed by atoms with E-state index in [-0.39, 0.29) is 0 Å². The fraction of sp³-hybridized carbons (Fsp3) is 0.385. The molecule has 3 rings (SSSR count). The van der Waals surface area contributed by atoms with E-state index in [4.69, 9.17) is 0 Å². The van der Waals surface area contributed by atoms with Crippen molar-refractivity contribution >= 4 is 27.0 Å². The Morgan fingerprint density at radius 3 is 2.90 bits per heavy atom. The van der Waals surface area contributed by atoms with Crippen LogP contribution in [0.4, 0.5) is 5.69 Å². The fourth-order valence-electron chi connectivity index (χ4n) is 1.97. The maximum Gasteiger partial charge on any atom is 0.263 e. The molecule has 0 saturated heterocycles. The van der Waals surface area contributed by atoms with E-state index in [1.165, 1.54) is 24.2 Å². The van der Waals surface area contributed by atoms with E-state index in [9.17, 15) is 8.42 Å². The molecule has 0 unspecified atom stereocenters. The average molecular weight is 311 g/mol. The minimum Gasteiger partial charge on any atom is -0.352 e. The van der Waals surface area contributed by atoms with Gasteiger partial charge in [0, 0.05) is 36.9 Å². The summed E-state index contributed by atoms with van der Waals surface area (Å²) in [6.07, 6.45) is 4.09. The fourth-order valence-corrected chi connectivity index (χ4v) is 3.78. The molecule has 0 bridgehead atoms. The van der Waals surface area contributed by atoms with Gasteiger partial charge in [0.25, 0.3) is 10.0 Å². The first-order chi connectivity index (χ1) is 9.54. The molecule has 0 spiro atoms. The van der Waals surface area contributed by atoms with Crippen LogP contribution in [0.3, 0.4) is 0 Å². The molecule has 0 atom stereocenters. The molecule has 108 valence electrons. The Bertz CT molecular complexity index is 685. The van der Waals surface area contributed by atoms with Crippen molar-refractivity contribution in [3.63, 3.8) is 0 Å². The van der Waals surface area contributed by atoms with Crippen LogP contribution in [0, 0.1) is 0 Å². The molecule has 0 amide bonds. The Labute approximate surface area is 122 Å². The number of anilines is 1. The van der Waals surface area contributed by atoms with Crippen molar-refractivity contribution in [2.75, 3.05) is 4.72 Å². The maximum absolute atomic E-state index is 12.3. The van der Waals surface area contributed by atoms with Gasteiger partial charge in [-0.2, -0.15) is 11.3 Å². The number of sulfonamides is 1. The van der Waals surface area contributed by atoms with E-state index in [0.29, 0.717) is 23.2 Å². The van der Waals surface area contributed by atoms with Crippen molar-refractivity contribution in [2.45, 2.75) is 30.3 Å². The zero-order valence-corrected chi connectivity index (χ0v) is 12.8. The number of aromatic nitrogens is 1. The summed E-state index contributed by atoms with van der Waals surface area (Å²) in [6, 6.07) is 4.08. The van der Waals surface area contributed by atoms with Gasteiger partial charge in [-0.3, -0.25) is 4.72 Å². The van der Waals surface area contributed by atoms with Gasteiger partial charge < -0.3 is 9.88 Å². The van der Waals surface area contributed by atoms with Crippen molar-refractivity contribution in [1.29, 1.82) is 0 Å². The van der Waals surface area contributed by atoms with Gasteiger partial charge in [-0.25, -0.2) is 8.42 Å². The second-order valence-corrected chi connectivity index (χ2v) is 7.51. The van der Waals surface area contributed by atoms with E-state index in [2.05, 4.69) is 10.0 Å². The number of nitrogens with zero attached hydrogens (tertiary/aromatic N) is 1. The lowest BCUT2D eigenvalue weighted by Gasteiger charge is -2.03. The third kappa shape index (κ3) is 3.05. The van der Waals surface area contributed by atoms with Gasteiger partial charge in [0.05, 0.1) is 5.69 Å². The second kappa shape index (κ2) is 5.23. The van der Waals surface area contributed by atoms with Crippen LogP contribution in [-0.4, -0.2) is 19.0 Å². The molecule has 1 fully saturated rings. The second-order valence-electron chi connectivity index (χ2n) is 5.05. The number of aryl methyl sites for hydroxylation is 1. The highest BCUT2D eigenvalue weighted by atomic mass is 32.2. The average Bonchev–Trinajstić information content (AvgIpc) is 2.94. The maximum atomic E-state index is 12.3. The summed E-state index contributed by atoms with van der Waals surface area (Å²) >= 11 is 1.46. The molecule has 1 aliphatic carbocycles. The molecule has 0 radical (unpaired) electrons. The standard InChI is InChI=1S/C13H17N3O2S2/c1-16-8-13(6-12(16)7-14-10-2-3-10)20(17,18)15-11-4-5-19-9-11/h4-6,8-10,14-15H,2-3,7H2,1H3. The molecule has 5 nitrogen and oxygen atoms in total.